The molecule has 244 valence electrons. The molecule has 1 aromatic rings. The van der Waals surface area contributed by atoms with Gasteiger partial charge in [-0.1, -0.05) is 80.8 Å². The van der Waals surface area contributed by atoms with Crippen molar-refractivity contribution in [2.75, 3.05) is 26.2 Å². The molecule has 0 aliphatic carbocycles. The Hall–Kier alpha value is -3.50. The minimum atomic E-state index is -1.33. The first-order chi connectivity index (χ1) is 21.8. The molecule has 4 heterocycles. The molecular formula is C35H47N3O7. The van der Waals surface area contributed by atoms with Gasteiger partial charge in [0.2, 0.25) is 17.7 Å². The Bertz CT molecular complexity index is 1280. The number of hydrogen-bond donors (Lipinski definition) is 2. The second kappa shape index (κ2) is 14.7. The number of allylic oxidation sites excluding steroid dienone is 1. The van der Waals surface area contributed by atoms with E-state index >= 15 is 0 Å². The zero-order valence-electron chi connectivity index (χ0n) is 26.4. The van der Waals surface area contributed by atoms with E-state index < -0.39 is 47.7 Å². The standard InChI is InChI=1S/C35H47N3O7/c1-3-4-20-37-21-14-19-35-29(32(41)38(31(35)33(37)42)22-12-5-6-13-23-39)28-26(45-35)17-10-11-18-27(40)36-24(2)30(44-34(28)43)25-15-8-7-9-16-25/h7-10,14-17,19,24,26,28-31,39H,3-6,11-13,18,20-23H2,1-2H3,(H,36,40)/b17-10-/t24-,26-,28+,29+,30+,31-,35+/m0/s1. The van der Waals surface area contributed by atoms with Gasteiger partial charge in [-0.25, -0.2) is 0 Å². The Kier molecular flexibility index (Phi) is 10.8. The molecule has 10 nitrogen and oxygen atoms in total. The van der Waals surface area contributed by atoms with Gasteiger partial charge in [-0.15, -0.1) is 0 Å². The average molecular weight is 622 g/mol. The molecule has 2 N–H and O–H groups in total. The number of nitrogens with zero attached hydrogens (tertiary/aromatic N) is 2. The normalized spacial score (nSPS) is 32.5. The molecule has 4 aliphatic heterocycles. The van der Waals surface area contributed by atoms with Crippen LogP contribution in [-0.4, -0.2) is 88.6 Å². The lowest BCUT2D eigenvalue weighted by atomic mass is 9.77. The molecule has 7 atom stereocenters. The van der Waals surface area contributed by atoms with Crippen LogP contribution in [0.5, 0.6) is 0 Å². The minimum Gasteiger partial charge on any atom is -0.455 e. The summed E-state index contributed by atoms with van der Waals surface area (Å²) in [5, 5.41) is 12.2. The van der Waals surface area contributed by atoms with Crippen molar-refractivity contribution in [3.8, 4) is 0 Å². The molecule has 10 heteroatoms. The van der Waals surface area contributed by atoms with Crippen molar-refractivity contribution in [2.45, 2.75) is 95.1 Å². The average Bonchev–Trinajstić information content (AvgIpc) is 3.41. The third kappa shape index (κ3) is 6.72. The maximum Gasteiger partial charge on any atom is 0.313 e. The molecule has 5 rings (SSSR count). The fourth-order valence-corrected chi connectivity index (χ4v) is 7.29. The molecule has 0 radical (unpaired) electrons. The third-order valence-electron chi connectivity index (χ3n) is 9.52. The number of carbonyl (C=O) groups excluding carboxylic acids is 4. The van der Waals surface area contributed by atoms with E-state index in [9.17, 15) is 24.3 Å². The van der Waals surface area contributed by atoms with Gasteiger partial charge in [0.05, 0.1) is 18.1 Å². The zero-order valence-corrected chi connectivity index (χ0v) is 26.4. The molecule has 1 aromatic carbocycles. The van der Waals surface area contributed by atoms with Crippen LogP contribution in [0.4, 0.5) is 0 Å². The quantitative estimate of drug-likeness (QED) is 0.233. The van der Waals surface area contributed by atoms with Crippen molar-refractivity contribution in [3.05, 3.63) is 60.2 Å². The number of rotatable bonds is 10. The number of aliphatic hydroxyl groups is 1. The van der Waals surface area contributed by atoms with Crippen molar-refractivity contribution in [3.63, 3.8) is 0 Å². The van der Waals surface area contributed by atoms with Crippen LogP contribution in [0.2, 0.25) is 0 Å². The number of aliphatic hydroxyl groups excluding tert-OH is 1. The van der Waals surface area contributed by atoms with Crippen molar-refractivity contribution in [1.29, 1.82) is 0 Å². The lowest BCUT2D eigenvalue weighted by molar-refractivity contribution is -0.161. The lowest BCUT2D eigenvalue weighted by Gasteiger charge is -2.35. The summed E-state index contributed by atoms with van der Waals surface area (Å²) in [6, 6.07) is 7.85. The smallest absolute Gasteiger partial charge is 0.313 e. The van der Waals surface area contributed by atoms with Gasteiger partial charge in [0.25, 0.3) is 0 Å². The first kappa shape index (κ1) is 32.9. The number of amides is 3. The molecule has 45 heavy (non-hydrogen) atoms. The van der Waals surface area contributed by atoms with Crippen LogP contribution in [0.15, 0.2) is 54.6 Å². The molecular weight excluding hydrogens is 574 g/mol. The molecule has 2 saturated heterocycles. The number of cyclic esters (lactones) is 1. The van der Waals surface area contributed by atoms with Crippen molar-refractivity contribution in [1.82, 2.24) is 15.1 Å². The first-order valence-corrected chi connectivity index (χ1v) is 16.6. The number of likely N-dealkylation sites (tertiary alicyclic amines) is 1. The van der Waals surface area contributed by atoms with Crippen LogP contribution in [-0.2, 0) is 28.7 Å². The summed E-state index contributed by atoms with van der Waals surface area (Å²) in [7, 11) is 0. The van der Waals surface area contributed by atoms with Gasteiger partial charge < -0.3 is 29.7 Å². The van der Waals surface area contributed by atoms with E-state index in [4.69, 9.17) is 9.47 Å². The highest BCUT2D eigenvalue weighted by Crippen LogP contribution is 2.53. The number of carbonyl (C=O) groups is 4. The topological polar surface area (TPSA) is 125 Å². The number of fused-ring (bicyclic) bond motifs is 2. The van der Waals surface area contributed by atoms with Gasteiger partial charge in [-0.05, 0) is 38.2 Å². The molecule has 4 aliphatic rings. The summed E-state index contributed by atoms with van der Waals surface area (Å²) in [5.41, 5.74) is -0.603. The van der Waals surface area contributed by atoms with Gasteiger partial charge in [0.15, 0.2) is 0 Å². The minimum absolute atomic E-state index is 0.116. The Morgan fingerprint density at radius 2 is 1.76 bits per heavy atom. The van der Waals surface area contributed by atoms with Gasteiger partial charge in [-0.2, -0.15) is 0 Å². The number of unbranched alkanes of at least 4 members (excludes halogenated alkanes) is 4. The van der Waals surface area contributed by atoms with Crippen LogP contribution < -0.4 is 5.32 Å². The fraction of sp³-hybridized carbons (Fsp3) is 0.600. The first-order valence-electron chi connectivity index (χ1n) is 16.6. The van der Waals surface area contributed by atoms with E-state index in [0.29, 0.717) is 38.9 Å². The monoisotopic (exact) mass is 621 g/mol. The van der Waals surface area contributed by atoms with Crippen LogP contribution in [0.3, 0.4) is 0 Å². The van der Waals surface area contributed by atoms with Crippen LogP contribution >= 0.6 is 0 Å². The van der Waals surface area contributed by atoms with E-state index in [1.54, 1.807) is 22.8 Å². The highest BCUT2D eigenvalue weighted by Gasteiger charge is 2.71. The molecule has 1 spiro atoms. The van der Waals surface area contributed by atoms with Gasteiger partial charge in [0, 0.05) is 32.7 Å². The molecule has 0 saturated carbocycles. The second-order valence-corrected chi connectivity index (χ2v) is 12.6. The Morgan fingerprint density at radius 1 is 0.978 bits per heavy atom. The van der Waals surface area contributed by atoms with Gasteiger partial charge in [0.1, 0.15) is 23.7 Å². The highest BCUT2D eigenvalue weighted by molar-refractivity contribution is 5.99. The number of ether oxygens (including phenoxy) is 2. The van der Waals surface area contributed by atoms with Crippen LogP contribution in [0.25, 0.3) is 0 Å². The lowest BCUT2D eigenvalue weighted by Crippen LogP contribution is -2.55. The van der Waals surface area contributed by atoms with Gasteiger partial charge >= 0.3 is 5.97 Å². The predicted molar refractivity (Wildman–Crippen MR) is 168 cm³/mol. The molecule has 0 unspecified atom stereocenters. The summed E-state index contributed by atoms with van der Waals surface area (Å²) in [4.78, 5) is 59.3. The number of hydrogen-bond acceptors (Lipinski definition) is 7. The summed E-state index contributed by atoms with van der Waals surface area (Å²) in [5.74, 6) is -3.12. The SMILES string of the molecule is CCCCN1CC=C[C@@]23O[C@H]4/C=C\CCC(=O)N[C@@H](C)[C@H](c5ccccc5)OC(=O)[C@H]4[C@@H]2C(=O)N(CCCCCCO)[C@H]3C1=O. The molecule has 2 fully saturated rings. The summed E-state index contributed by atoms with van der Waals surface area (Å²) in [6.07, 6.45) is 11.2. The Labute approximate surface area is 265 Å². The summed E-state index contributed by atoms with van der Waals surface area (Å²) >= 11 is 0. The number of nitrogens with one attached hydrogen (secondary N) is 1. The van der Waals surface area contributed by atoms with E-state index in [1.807, 2.05) is 48.6 Å². The van der Waals surface area contributed by atoms with Crippen molar-refractivity contribution in [2.24, 2.45) is 11.8 Å². The van der Waals surface area contributed by atoms with Crippen molar-refractivity contribution < 1.29 is 33.8 Å². The number of benzene rings is 1. The second-order valence-electron chi connectivity index (χ2n) is 12.6. The highest BCUT2D eigenvalue weighted by atomic mass is 16.6. The zero-order chi connectivity index (χ0) is 32.0. The van der Waals surface area contributed by atoms with E-state index in [1.165, 1.54) is 0 Å². The summed E-state index contributed by atoms with van der Waals surface area (Å²) in [6.45, 7) is 5.33. The summed E-state index contributed by atoms with van der Waals surface area (Å²) < 4.78 is 13.0. The van der Waals surface area contributed by atoms with Crippen molar-refractivity contribution >= 4 is 23.7 Å². The molecule has 0 aromatic heterocycles. The Balaban J connectivity index is 1.54. The van der Waals surface area contributed by atoms with E-state index in [-0.39, 0.29) is 30.7 Å². The number of esters is 1. The Morgan fingerprint density at radius 3 is 2.51 bits per heavy atom. The predicted octanol–water partition coefficient (Wildman–Crippen LogP) is 3.46. The maximum absolute atomic E-state index is 14.5. The van der Waals surface area contributed by atoms with Crippen LogP contribution in [0, 0.1) is 11.8 Å². The van der Waals surface area contributed by atoms with E-state index in [2.05, 4.69) is 12.2 Å². The fourth-order valence-electron chi connectivity index (χ4n) is 7.29. The van der Waals surface area contributed by atoms with Gasteiger partial charge in [-0.3, -0.25) is 19.2 Å². The van der Waals surface area contributed by atoms with E-state index in [0.717, 1.165) is 31.2 Å². The molecule has 3 amide bonds. The van der Waals surface area contributed by atoms with Crippen LogP contribution in [0.1, 0.15) is 76.9 Å². The maximum atomic E-state index is 14.5. The third-order valence-corrected chi connectivity index (χ3v) is 9.52. The molecule has 0 bridgehead atoms. The largest absolute Gasteiger partial charge is 0.455 e.